The lowest BCUT2D eigenvalue weighted by Gasteiger charge is -2.22. The quantitative estimate of drug-likeness (QED) is 0.427. The topological polar surface area (TPSA) is 82.3 Å². The van der Waals surface area contributed by atoms with E-state index in [2.05, 4.69) is 28.4 Å². The molecular formula is C20H26N4O2S2. The maximum absolute atomic E-state index is 12.6. The molecule has 0 saturated heterocycles. The number of rotatable bonds is 6. The highest BCUT2D eigenvalue weighted by Gasteiger charge is 2.25. The molecule has 0 bridgehead atoms. The number of thiophene rings is 1. The Labute approximate surface area is 175 Å². The Hall–Kier alpha value is -2.45. The SMILES string of the molecule is CCc1cccc(C)c1NC(=S)NNC(=O)[C@H](NC(=O)c1cccs1)C(C)C. The van der Waals surface area contributed by atoms with E-state index in [-0.39, 0.29) is 22.8 Å². The van der Waals surface area contributed by atoms with E-state index in [0.717, 1.165) is 23.2 Å². The third-order valence-corrected chi connectivity index (χ3v) is 5.33. The summed E-state index contributed by atoms with van der Waals surface area (Å²) < 4.78 is 0. The second-order valence-corrected chi connectivity index (χ2v) is 8.06. The van der Waals surface area contributed by atoms with Gasteiger partial charge in [0.1, 0.15) is 6.04 Å². The molecule has 1 heterocycles. The minimum atomic E-state index is -0.686. The molecule has 0 aliphatic rings. The van der Waals surface area contributed by atoms with Crippen molar-refractivity contribution in [1.82, 2.24) is 16.2 Å². The summed E-state index contributed by atoms with van der Waals surface area (Å²) in [7, 11) is 0. The first-order valence-electron chi connectivity index (χ1n) is 9.13. The third kappa shape index (κ3) is 5.77. The molecule has 4 N–H and O–H groups in total. The minimum Gasteiger partial charge on any atom is -0.339 e. The van der Waals surface area contributed by atoms with Gasteiger partial charge >= 0.3 is 0 Å². The number of hydrogen-bond acceptors (Lipinski definition) is 4. The summed E-state index contributed by atoms with van der Waals surface area (Å²) in [4.78, 5) is 25.4. The fourth-order valence-electron chi connectivity index (χ4n) is 2.70. The molecule has 1 atom stereocenters. The van der Waals surface area contributed by atoms with Crippen LogP contribution in [0.5, 0.6) is 0 Å². The van der Waals surface area contributed by atoms with Gasteiger partial charge in [-0.3, -0.25) is 20.4 Å². The van der Waals surface area contributed by atoms with Crippen molar-refractivity contribution in [2.45, 2.75) is 40.2 Å². The minimum absolute atomic E-state index is 0.0877. The molecule has 2 aromatic rings. The highest BCUT2D eigenvalue weighted by atomic mass is 32.1. The first-order valence-corrected chi connectivity index (χ1v) is 10.4. The van der Waals surface area contributed by atoms with Crippen LogP contribution >= 0.6 is 23.6 Å². The molecule has 6 nitrogen and oxygen atoms in total. The molecule has 28 heavy (non-hydrogen) atoms. The van der Waals surface area contributed by atoms with Crippen LogP contribution in [0, 0.1) is 12.8 Å². The Morgan fingerprint density at radius 1 is 1.14 bits per heavy atom. The van der Waals surface area contributed by atoms with E-state index >= 15 is 0 Å². The molecule has 0 aliphatic heterocycles. The van der Waals surface area contributed by atoms with Gasteiger partial charge in [-0.1, -0.05) is 45.0 Å². The number of aryl methyl sites for hydroxylation is 2. The first kappa shape index (κ1) is 21.8. The Kier molecular flexibility index (Phi) is 7.95. The van der Waals surface area contributed by atoms with Crippen molar-refractivity contribution in [1.29, 1.82) is 0 Å². The van der Waals surface area contributed by atoms with Crippen LogP contribution in [-0.4, -0.2) is 23.0 Å². The molecule has 0 spiro atoms. The average molecular weight is 419 g/mol. The smallest absolute Gasteiger partial charge is 0.262 e. The lowest BCUT2D eigenvalue weighted by atomic mass is 10.0. The van der Waals surface area contributed by atoms with Gasteiger partial charge in [0.05, 0.1) is 4.88 Å². The van der Waals surface area contributed by atoms with Crippen molar-refractivity contribution in [3.63, 3.8) is 0 Å². The highest BCUT2D eigenvalue weighted by Crippen LogP contribution is 2.20. The summed E-state index contributed by atoms with van der Waals surface area (Å²) in [5.74, 6) is -0.711. The monoisotopic (exact) mass is 418 g/mol. The zero-order valence-electron chi connectivity index (χ0n) is 16.5. The first-order chi connectivity index (χ1) is 13.3. The van der Waals surface area contributed by atoms with Crippen LogP contribution in [0.3, 0.4) is 0 Å². The number of hydrogen-bond donors (Lipinski definition) is 4. The van der Waals surface area contributed by atoms with Crippen molar-refractivity contribution in [2.75, 3.05) is 5.32 Å². The maximum atomic E-state index is 12.6. The van der Waals surface area contributed by atoms with Gasteiger partial charge < -0.3 is 10.6 Å². The number of carbonyl (C=O) groups excluding carboxylic acids is 2. The molecule has 1 aromatic heterocycles. The molecule has 0 radical (unpaired) electrons. The van der Waals surface area contributed by atoms with E-state index in [1.165, 1.54) is 11.3 Å². The third-order valence-electron chi connectivity index (χ3n) is 4.26. The summed E-state index contributed by atoms with van der Waals surface area (Å²) in [6.07, 6.45) is 0.864. The Morgan fingerprint density at radius 3 is 2.50 bits per heavy atom. The van der Waals surface area contributed by atoms with Crippen LogP contribution in [0.4, 0.5) is 5.69 Å². The van der Waals surface area contributed by atoms with E-state index in [0.29, 0.717) is 4.88 Å². The van der Waals surface area contributed by atoms with Crippen molar-refractivity contribution >= 4 is 46.2 Å². The Morgan fingerprint density at radius 2 is 1.89 bits per heavy atom. The molecule has 2 amide bonds. The summed E-state index contributed by atoms with van der Waals surface area (Å²) >= 11 is 6.63. The van der Waals surface area contributed by atoms with Crippen molar-refractivity contribution in [3.05, 3.63) is 51.7 Å². The number of benzene rings is 1. The van der Waals surface area contributed by atoms with Crippen molar-refractivity contribution in [2.24, 2.45) is 5.92 Å². The fourth-order valence-corrected chi connectivity index (χ4v) is 3.48. The summed E-state index contributed by atoms with van der Waals surface area (Å²) in [5, 5.41) is 8.01. The van der Waals surface area contributed by atoms with E-state index in [4.69, 9.17) is 12.2 Å². The van der Waals surface area contributed by atoms with Gasteiger partial charge in [-0.2, -0.15) is 0 Å². The molecule has 8 heteroatoms. The van der Waals surface area contributed by atoms with Crippen molar-refractivity contribution in [3.8, 4) is 0 Å². The van der Waals surface area contributed by atoms with E-state index < -0.39 is 6.04 Å². The number of carbonyl (C=O) groups is 2. The molecular weight excluding hydrogens is 392 g/mol. The molecule has 1 aromatic carbocycles. The van der Waals surface area contributed by atoms with E-state index in [1.807, 2.05) is 44.4 Å². The zero-order chi connectivity index (χ0) is 20.7. The van der Waals surface area contributed by atoms with Gasteiger partial charge in [0.2, 0.25) is 0 Å². The predicted octanol–water partition coefficient (Wildman–Crippen LogP) is 3.39. The molecule has 0 saturated carbocycles. The van der Waals surface area contributed by atoms with Crippen LogP contribution < -0.4 is 21.5 Å². The Bertz CT molecular complexity index is 835. The van der Waals surface area contributed by atoms with Gasteiger partial charge in [0, 0.05) is 5.69 Å². The number of hydrazine groups is 1. The number of anilines is 1. The van der Waals surface area contributed by atoms with Crippen LogP contribution in [0.1, 0.15) is 41.6 Å². The lowest BCUT2D eigenvalue weighted by Crippen LogP contribution is -2.54. The fraction of sp³-hybridized carbons (Fsp3) is 0.350. The van der Waals surface area contributed by atoms with Gasteiger partial charge in [-0.15, -0.1) is 11.3 Å². The lowest BCUT2D eigenvalue weighted by molar-refractivity contribution is -0.124. The van der Waals surface area contributed by atoms with Gasteiger partial charge in [-0.05, 0) is 54.1 Å². The number of thiocarbonyl (C=S) groups is 1. The largest absolute Gasteiger partial charge is 0.339 e. The molecule has 0 fully saturated rings. The van der Waals surface area contributed by atoms with E-state index in [9.17, 15) is 9.59 Å². The van der Waals surface area contributed by atoms with E-state index in [1.54, 1.807) is 12.1 Å². The molecule has 2 rings (SSSR count). The number of amides is 2. The molecule has 0 aliphatic carbocycles. The maximum Gasteiger partial charge on any atom is 0.262 e. The number of para-hydroxylation sites is 1. The predicted molar refractivity (Wildman–Crippen MR) is 118 cm³/mol. The average Bonchev–Trinajstić information content (AvgIpc) is 3.20. The molecule has 150 valence electrons. The second-order valence-electron chi connectivity index (χ2n) is 6.70. The second kappa shape index (κ2) is 10.2. The number of nitrogens with one attached hydrogen (secondary N) is 4. The van der Waals surface area contributed by atoms with Crippen LogP contribution in [0.2, 0.25) is 0 Å². The van der Waals surface area contributed by atoms with Crippen LogP contribution in [-0.2, 0) is 11.2 Å². The highest BCUT2D eigenvalue weighted by molar-refractivity contribution is 7.80. The van der Waals surface area contributed by atoms with Gasteiger partial charge in [0.25, 0.3) is 11.8 Å². The van der Waals surface area contributed by atoms with Gasteiger partial charge in [0.15, 0.2) is 5.11 Å². The van der Waals surface area contributed by atoms with Gasteiger partial charge in [-0.25, -0.2) is 0 Å². The summed E-state index contributed by atoms with van der Waals surface area (Å²) in [6.45, 7) is 7.81. The van der Waals surface area contributed by atoms with Crippen LogP contribution in [0.15, 0.2) is 35.7 Å². The molecule has 0 unspecified atom stereocenters. The standard InChI is InChI=1S/C20H26N4O2S2/c1-5-14-9-6-8-13(4)17(14)22-20(27)24-23-19(26)16(12(2)3)21-18(25)15-10-7-11-28-15/h6-12,16H,5H2,1-4H3,(H,21,25)(H,23,26)(H2,22,24,27)/t16-/m1/s1. The van der Waals surface area contributed by atoms with Crippen molar-refractivity contribution < 1.29 is 9.59 Å². The normalized spacial score (nSPS) is 11.6. The Balaban J connectivity index is 1.95. The summed E-state index contributed by atoms with van der Waals surface area (Å²) in [6, 6.07) is 8.87. The van der Waals surface area contributed by atoms with Crippen LogP contribution in [0.25, 0.3) is 0 Å². The zero-order valence-corrected chi connectivity index (χ0v) is 18.1. The summed E-state index contributed by atoms with van der Waals surface area (Å²) in [5.41, 5.74) is 8.45.